The van der Waals surface area contributed by atoms with Gasteiger partial charge in [0.15, 0.2) is 0 Å². The van der Waals surface area contributed by atoms with Crippen molar-refractivity contribution in [1.29, 1.82) is 0 Å². The molecule has 0 saturated heterocycles. The molecule has 0 aliphatic heterocycles. The normalized spacial score (nSPS) is 15.6. The Morgan fingerprint density at radius 1 is 1.67 bits per heavy atom. The Labute approximate surface area is 90.5 Å². The van der Waals surface area contributed by atoms with E-state index < -0.39 is 0 Å². The third kappa shape index (κ3) is 3.02. The fraction of sp³-hybridized carbons (Fsp3) is 0.700. The average molecular weight is 212 g/mol. The van der Waals surface area contributed by atoms with Crippen molar-refractivity contribution in [1.82, 2.24) is 14.5 Å². The Bertz CT molecular complexity index is 297. The molecule has 86 valence electrons. The summed E-state index contributed by atoms with van der Waals surface area (Å²) in [6.45, 7) is 2.66. The van der Waals surface area contributed by atoms with E-state index in [0.717, 1.165) is 5.82 Å². The van der Waals surface area contributed by atoms with E-state index in [9.17, 15) is 5.11 Å². The third-order valence-electron chi connectivity index (χ3n) is 2.67. The zero-order valence-corrected chi connectivity index (χ0v) is 9.59. The van der Waals surface area contributed by atoms with Crippen LogP contribution in [-0.2, 0) is 13.6 Å². The van der Waals surface area contributed by atoms with Crippen molar-refractivity contribution in [3.8, 4) is 0 Å². The number of hydrogen-bond donors (Lipinski definition) is 2. The second-order valence-corrected chi connectivity index (χ2v) is 3.98. The fourth-order valence-corrected chi connectivity index (χ4v) is 1.60. The predicted octanol–water partition coefficient (Wildman–Crippen LogP) is -0.440. The second-order valence-electron chi connectivity index (χ2n) is 3.98. The number of aryl methyl sites for hydroxylation is 1. The molecule has 1 aromatic heterocycles. The molecule has 0 radical (unpaired) electrons. The van der Waals surface area contributed by atoms with Crippen LogP contribution in [0.4, 0.5) is 0 Å². The fourth-order valence-electron chi connectivity index (χ4n) is 1.60. The first kappa shape index (κ1) is 12.2. The van der Waals surface area contributed by atoms with Gasteiger partial charge in [0, 0.05) is 31.5 Å². The number of nitrogens with zero attached hydrogens (tertiary/aromatic N) is 3. The van der Waals surface area contributed by atoms with Gasteiger partial charge in [0.25, 0.3) is 0 Å². The van der Waals surface area contributed by atoms with Gasteiger partial charge in [0.2, 0.25) is 0 Å². The lowest BCUT2D eigenvalue weighted by molar-refractivity contribution is 0.123. The number of rotatable bonds is 5. The van der Waals surface area contributed by atoms with Gasteiger partial charge in [-0.1, -0.05) is 0 Å². The lowest BCUT2D eigenvalue weighted by Crippen LogP contribution is -2.46. The van der Waals surface area contributed by atoms with E-state index in [-0.39, 0.29) is 18.7 Å². The lowest BCUT2D eigenvalue weighted by Gasteiger charge is -2.28. The van der Waals surface area contributed by atoms with Gasteiger partial charge in [-0.3, -0.25) is 4.90 Å². The molecule has 1 aromatic rings. The average Bonchev–Trinajstić information content (AvgIpc) is 2.52. The highest BCUT2D eigenvalue weighted by Gasteiger charge is 2.19. The van der Waals surface area contributed by atoms with Crippen molar-refractivity contribution >= 4 is 0 Å². The van der Waals surface area contributed by atoms with Crippen LogP contribution < -0.4 is 5.73 Å². The molecule has 2 atom stereocenters. The number of imidazole rings is 1. The zero-order chi connectivity index (χ0) is 11.4. The van der Waals surface area contributed by atoms with Crippen LogP contribution in [0.2, 0.25) is 0 Å². The van der Waals surface area contributed by atoms with Crippen LogP contribution in [0.5, 0.6) is 0 Å². The van der Waals surface area contributed by atoms with Crippen molar-refractivity contribution in [3.05, 3.63) is 18.2 Å². The first-order valence-corrected chi connectivity index (χ1v) is 5.09. The van der Waals surface area contributed by atoms with Crippen molar-refractivity contribution in [2.45, 2.75) is 25.6 Å². The van der Waals surface area contributed by atoms with Crippen LogP contribution in [0.1, 0.15) is 12.7 Å². The highest BCUT2D eigenvalue weighted by Crippen LogP contribution is 2.05. The van der Waals surface area contributed by atoms with Gasteiger partial charge < -0.3 is 15.4 Å². The molecular formula is C10H20N4O. The van der Waals surface area contributed by atoms with E-state index in [4.69, 9.17) is 5.73 Å². The molecule has 0 saturated carbocycles. The molecule has 0 fully saturated rings. The molecule has 15 heavy (non-hydrogen) atoms. The maximum Gasteiger partial charge on any atom is 0.122 e. The molecule has 3 N–H and O–H groups in total. The number of aromatic nitrogens is 2. The van der Waals surface area contributed by atoms with Gasteiger partial charge in [-0.15, -0.1) is 0 Å². The van der Waals surface area contributed by atoms with Crippen molar-refractivity contribution in [3.63, 3.8) is 0 Å². The molecular weight excluding hydrogens is 192 g/mol. The van der Waals surface area contributed by atoms with Crippen LogP contribution in [0.3, 0.4) is 0 Å². The number of nitrogens with two attached hydrogens (primary N) is 1. The number of aliphatic hydroxyl groups excluding tert-OH is 1. The SMILES string of the molecule is CC(N)C(CO)N(C)Cc1nccn1C. The molecule has 1 heterocycles. The molecule has 0 aromatic carbocycles. The smallest absolute Gasteiger partial charge is 0.122 e. The van der Waals surface area contributed by atoms with E-state index in [1.165, 1.54) is 0 Å². The monoisotopic (exact) mass is 212 g/mol. The van der Waals surface area contributed by atoms with Crippen molar-refractivity contribution < 1.29 is 5.11 Å². The lowest BCUT2D eigenvalue weighted by atomic mass is 10.1. The molecule has 0 amide bonds. The van der Waals surface area contributed by atoms with E-state index in [1.807, 2.05) is 36.7 Å². The van der Waals surface area contributed by atoms with E-state index >= 15 is 0 Å². The molecule has 5 nitrogen and oxygen atoms in total. The first-order chi connectivity index (χ1) is 7.06. The standard InChI is InChI=1S/C10H20N4O/c1-8(11)9(7-15)14(3)6-10-12-4-5-13(10)2/h4-5,8-9,15H,6-7,11H2,1-3H3. The highest BCUT2D eigenvalue weighted by atomic mass is 16.3. The number of likely N-dealkylation sites (N-methyl/N-ethyl adjacent to an activating group) is 1. The van der Waals surface area contributed by atoms with Crippen LogP contribution in [0.25, 0.3) is 0 Å². The first-order valence-electron chi connectivity index (χ1n) is 5.09. The molecule has 1 rings (SSSR count). The van der Waals surface area contributed by atoms with E-state index in [2.05, 4.69) is 4.98 Å². The molecule has 2 unspecified atom stereocenters. The van der Waals surface area contributed by atoms with Gasteiger partial charge in [0.05, 0.1) is 13.2 Å². The maximum atomic E-state index is 9.22. The third-order valence-corrected chi connectivity index (χ3v) is 2.67. The number of hydrogen-bond acceptors (Lipinski definition) is 4. The Balaban J connectivity index is 2.62. The van der Waals surface area contributed by atoms with Crippen LogP contribution >= 0.6 is 0 Å². The Kier molecular flexibility index (Phi) is 4.26. The summed E-state index contributed by atoms with van der Waals surface area (Å²) < 4.78 is 1.96. The minimum atomic E-state index is -0.0553. The highest BCUT2D eigenvalue weighted by molar-refractivity contribution is 4.92. The van der Waals surface area contributed by atoms with Crippen LogP contribution in [0, 0.1) is 0 Å². The molecule has 5 heteroatoms. The largest absolute Gasteiger partial charge is 0.395 e. The van der Waals surface area contributed by atoms with Crippen LogP contribution in [0.15, 0.2) is 12.4 Å². The van der Waals surface area contributed by atoms with E-state index in [1.54, 1.807) is 6.20 Å². The summed E-state index contributed by atoms with van der Waals surface area (Å²) in [5.41, 5.74) is 5.79. The zero-order valence-electron chi connectivity index (χ0n) is 9.59. The molecule has 0 aliphatic rings. The quantitative estimate of drug-likeness (QED) is 0.694. The Hall–Kier alpha value is -0.910. The van der Waals surface area contributed by atoms with Crippen LogP contribution in [-0.4, -0.2) is 45.3 Å². The summed E-state index contributed by atoms with van der Waals surface area (Å²) in [5.74, 6) is 0.969. The molecule has 0 spiro atoms. The number of aliphatic hydroxyl groups is 1. The Morgan fingerprint density at radius 3 is 2.73 bits per heavy atom. The van der Waals surface area contributed by atoms with Gasteiger partial charge >= 0.3 is 0 Å². The molecule has 0 bridgehead atoms. The predicted molar refractivity (Wildman–Crippen MR) is 59.2 cm³/mol. The summed E-state index contributed by atoms with van der Waals surface area (Å²) in [6, 6.07) is -0.0815. The van der Waals surface area contributed by atoms with Gasteiger partial charge in [-0.2, -0.15) is 0 Å². The Morgan fingerprint density at radius 2 is 2.33 bits per heavy atom. The minimum absolute atomic E-state index is 0.0262. The topological polar surface area (TPSA) is 67.3 Å². The van der Waals surface area contributed by atoms with Gasteiger partial charge in [-0.05, 0) is 14.0 Å². The summed E-state index contributed by atoms with van der Waals surface area (Å²) in [6.07, 6.45) is 3.67. The van der Waals surface area contributed by atoms with E-state index in [0.29, 0.717) is 6.54 Å². The summed E-state index contributed by atoms with van der Waals surface area (Å²) in [5, 5.41) is 9.22. The maximum absolute atomic E-state index is 9.22. The second kappa shape index (κ2) is 5.25. The summed E-state index contributed by atoms with van der Waals surface area (Å²) in [7, 11) is 3.90. The molecule has 0 aliphatic carbocycles. The van der Waals surface area contributed by atoms with Crippen molar-refractivity contribution in [2.24, 2.45) is 12.8 Å². The van der Waals surface area contributed by atoms with Crippen molar-refractivity contribution in [2.75, 3.05) is 13.7 Å². The van der Waals surface area contributed by atoms with Gasteiger partial charge in [0.1, 0.15) is 5.82 Å². The summed E-state index contributed by atoms with van der Waals surface area (Å²) in [4.78, 5) is 6.25. The minimum Gasteiger partial charge on any atom is -0.395 e. The summed E-state index contributed by atoms with van der Waals surface area (Å²) >= 11 is 0. The van der Waals surface area contributed by atoms with Gasteiger partial charge in [-0.25, -0.2) is 4.98 Å².